The molecule has 0 aliphatic heterocycles. The molecule has 25 heavy (non-hydrogen) atoms. The molecule has 0 unspecified atom stereocenters. The van der Waals surface area contributed by atoms with Crippen molar-refractivity contribution in [2.24, 2.45) is 0 Å². The Hall–Kier alpha value is -1.57. The van der Waals surface area contributed by atoms with Gasteiger partial charge in [-0.25, -0.2) is 8.42 Å². The van der Waals surface area contributed by atoms with E-state index in [0.29, 0.717) is 22.5 Å². The fraction of sp³-hybridized carbons (Fsp3) is 0.333. The predicted molar refractivity (Wildman–Crippen MR) is 99.4 cm³/mol. The lowest BCUT2D eigenvalue weighted by Crippen LogP contribution is -2.33. The van der Waals surface area contributed by atoms with Crippen LogP contribution in [-0.2, 0) is 16.6 Å². The van der Waals surface area contributed by atoms with E-state index < -0.39 is 10.0 Å². The van der Waals surface area contributed by atoms with Crippen LogP contribution in [-0.4, -0.2) is 33.0 Å². The van der Waals surface area contributed by atoms with Crippen molar-refractivity contribution in [1.82, 2.24) is 4.31 Å². The molecule has 2 aromatic rings. The number of benzene rings is 2. The first-order valence-electron chi connectivity index (χ1n) is 7.94. The predicted octanol–water partition coefficient (Wildman–Crippen LogP) is 3.82. The first-order chi connectivity index (χ1) is 12.0. The van der Waals surface area contributed by atoms with Gasteiger partial charge in [0.1, 0.15) is 4.90 Å². The number of hydrogen-bond donors (Lipinski definition) is 0. The number of rotatable bonds is 7. The summed E-state index contributed by atoms with van der Waals surface area (Å²) >= 11 is 3.37. The number of nitrogens with zero attached hydrogens (tertiary/aromatic N) is 1. The molecule has 2 aromatic carbocycles. The molecule has 0 N–H and O–H groups in total. The van der Waals surface area contributed by atoms with E-state index in [2.05, 4.69) is 15.9 Å². The van der Waals surface area contributed by atoms with Crippen LogP contribution in [0.2, 0.25) is 0 Å². The summed E-state index contributed by atoms with van der Waals surface area (Å²) in [4.78, 5) is 0.188. The van der Waals surface area contributed by atoms with Gasteiger partial charge in [-0.2, -0.15) is 4.31 Å². The quantitative estimate of drug-likeness (QED) is 0.676. The topological polar surface area (TPSA) is 55.8 Å². The molecule has 0 heterocycles. The molecule has 1 aliphatic rings. The summed E-state index contributed by atoms with van der Waals surface area (Å²) in [5, 5.41) is 0. The van der Waals surface area contributed by atoms with Gasteiger partial charge in [0.05, 0.1) is 14.2 Å². The van der Waals surface area contributed by atoms with Crippen LogP contribution in [0, 0.1) is 0 Å². The Kier molecular flexibility index (Phi) is 5.36. The Labute approximate surface area is 156 Å². The third-order valence-corrected chi connectivity index (χ3v) is 7.02. The molecule has 0 radical (unpaired) electrons. The van der Waals surface area contributed by atoms with Crippen LogP contribution in [0.4, 0.5) is 0 Å². The van der Waals surface area contributed by atoms with Crippen LogP contribution in [0.5, 0.6) is 11.5 Å². The average molecular weight is 426 g/mol. The maximum atomic E-state index is 13.3. The Morgan fingerprint density at radius 1 is 1.08 bits per heavy atom. The van der Waals surface area contributed by atoms with Crippen molar-refractivity contribution in [1.29, 1.82) is 0 Å². The van der Waals surface area contributed by atoms with Crippen LogP contribution in [0.25, 0.3) is 0 Å². The molecule has 5 nitrogen and oxygen atoms in total. The molecular formula is C18H20BrNO4S. The van der Waals surface area contributed by atoms with E-state index in [1.54, 1.807) is 10.4 Å². The molecule has 1 aliphatic carbocycles. The van der Waals surface area contributed by atoms with E-state index in [4.69, 9.17) is 9.47 Å². The minimum atomic E-state index is -3.67. The molecule has 7 heteroatoms. The summed E-state index contributed by atoms with van der Waals surface area (Å²) in [5.74, 6) is 0.870. The van der Waals surface area contributed by atoms with Crippen LogP contribution in [0.15, 0.2) is 51.8 Å². The Morgan fingerprint density at radius 3 is 2.24 bits per heavy atom. The Balaban J connectivity index is 2.01. The van der Waals surface area contributed by atoms with Gasteiger partial charge in [-0.3, -0.25) is 0 Å². The fourth-order valence-corrected chi connectivity index (χ4v) is 5.37. The fourth-order valence-electron chi connectivity index (χ4n) is 2.70. The SMILES string of the molecule is COc1cc(Br)c(S(=O)(=O)N(Cc2ccccc2)C2CC2)cc1OC. The van der Waals surface area contributed by atoms with Crippen LogP contribution in [0.3, 0.4) is 0 Å². The number of sulfonamides is 1. The van der Waals surface area contributed by atoms with Crippen LogP contribution >= 0.6 is 15.9 Å². The van der Waals surface area contributed by atoms with E-state index in [-0.39, 0.29) is 10.9 Å². The molecule has 134 valence electrons. The first-order valence-corrected chi connectivity index (χ1v) is 10.2. The van der Waals surface area contributed by atoms with Crippen molar-refractivity contribution < 1.29 is 17.9 Å². The van der Waals surface area contributed by atoms with Crippen molar-refractivity contribution in [3.05, 3.63) is 52.5 Å². The second-order valence-corrected chi connectivity index (χ2v) is 8.62. The summed E-state index contributed by atoms with van der Waals surface area (Å²) in [6.07, 6.45) is 1.77. The maximum absolute atomic E-state index is 13.3. The van der Waals surface area contributed by atoms with E-state index in [1.165, 1.54) is 20.3 Å². The molecule has 0 aromatic heterocycles. The highest BCUT2D eigenvalue weighted by molar-refractivity contribution is 9.10. The lowest BCUT2D eigenvalue weighted by molar-refractivity contribution is 0.352. The highest BCUT2D eigenvalue weighted by Crippen LogP contribution is 2.40. The second kappa shape index (κ2) is 7.35. The van der Waals surface area contributed by atoms with Gasteiger partial charge in [0, 0.05) is 23.1 Å². The van der Waals surface area contributed by atoms with E-state index >= 15 is 0 Å². The van der Waals surface area contributed by atoms with Crippen LogP contribution < -0.4 is 9.47 Å². The number of hydrogen-bond acceptors (Lipinski definition) is 4. The minimum absolute atomic E-state index is 0.0465. The minimum Gasteiger partial charge on any atom is -0.493 e. The standard InChI is InChI=1S/C18H20BrNO4S/c1-23-16-10-15(19)18(11-17(16)24-2)25(21,22)20(14-8-9-14)12-13-6-4-3-5-7-13/h3-7,10-11,14H,8-9,12H2,1-2H3. The largest absolute Gasteiger partial charge is 0.493 e. The molecular weight excluding hydrogens is 406 g/mol. The zero-order valence-electron chi connectivity index (χ0n) is 14.1. The molecule has 1 saturated carbocycles. The maximum Gasteiger partial charge on any atom is 0.244 e. The normalized spacial score (nSPS) is 14.6. The molecule has 0 atom stereocenters. The molecule has 0 bridgehead atoms. The lowest BCUT2D eigenvalue weighted by Gasteiger charge is -2.23. The Morgan fingerprint density at radius 2 is 1.68 bits per heavy atom. The van der Waals surface area contributed by atoms with Gasteiger partial charge in [0.25, 0.3) is 0 Å². The van der Waals surface area contributed by atoms with Crippen molar-refractivity contribution in [3.63, 3.8) is 0 Å². The number of halogens is 1. The van der Waals surface area contributed by atoms with Gasteiger partial charge in [0.2, 0.25) is 10.0 Å². The average Bonchev–Trinajstić information content (AvgIpc) is 3.44. The summed E-state index contributed by atoms with van der Waals surface area (Å²) in [7, 11) is -0.664. The van der Waals surface area contributed by atoms with Crippen molar-refractivity contribution in [2.75, 3.05) is 14.2 Å². The third kappa shape index (κ3) is 3.83. The van der Waals surface area contributed by atoms with Gasteiger partial charge in [-0.05, 0) is 40.4 Å². The van der Waals surface area contributed by atoms with Crippen molar-refractivity contribution in [3.8, 4) is 11.5 Å². The van der Waals surface area contributed by atoms with E-state index in [9.17, 15) is 8.42 Å². The van der Waals surface area contributed by atoms with Gasteiger partial charge in [-0.1, -0.05) is 30.3 Å². The summed E-state index contributed by atoms with van der Waals surface area (Å²) in [5.41, 5.74) is 0.967. The number of ether oxygens (including phenoxy) is 2. The summed E-state index contributed by atoms with van der Waals surface area (Å²) < 4.78 is 39.2. The van der Waals surface area contributed by atoms with Gasteiger partial charge in [0.15, 0.2) is 11.5 Å². The Bertz CT molecular complexity index is 851. The molecule has 3 rings (SSSR count). The molecule has 0 amide bonds. The van der Waals surface area contributed by atoms with Crippen LogP contribution in [0.1, 0.15) is 18.4 Å². The molecule has 0 spiro atoms. The molecule has 1 fully saturated rings. The monoisotopic (exact) mass is 425 g/mol. The highest BCUT2D eigenvalue weighted by Gasteiger charge is 2.39. The smallest absolute Gasteiger partial charge is 0.244 e. The van der Waals surface area contributed by atoms with Crippen molar-refractivity contribution >= 4 is 26.0 Å². The van der Waals surface area contributed by atoms with Gasteiger partial charge in [-0.15, -0.1) is 0 Å². The summed E-state index contributed by atoms with van der Waals surface area (Å²) in [6.45, 7) is 0.356. The highest BCUT2D eigenvalue weighted by atomic mass is 79.9. The van der Waals surface area contributed by atoms with Crippen molar-refractivity contribution in [2.45, 2.75) is 30.3 Å². The zero-order valence-corrected chi connectivity index (χ0v) is 16.5. The molecule has 0 saturated heterocycles. The third-order valence-electron chi connectivity index (χ3n) is 4.16. The first kappa shape index (κ1) is 18.2. The number of methoxy groups -OCH3 is 2. The van der Waals surface area contributed by atoms with E-state index in [1.807, 2.05) is 30.3 Å². The van der Waals surface area contributed by atoms with Gasteiger partial charge < -0.3 is 9.47 Å². The zero-order chi connectivity index (χ0) is 18.0. The summed E-state index contributed by atoms with van der Waals surface area (Å²) in [6, 6.07) is 12.8. The second-order valence-electron chi connectivity index (χ2n) is 5.90. The van der Waals surface area contributed by atoms with E-state index in [0.717, 1.165) is 18.4 Å². The lowest BCUT2D eigenvalue weighted by atomic mass is 10.2. The van der Waals surface area contributed by atoms with Gasteiger partial charge >= 0.3 is 0 Å².